The lowest BCUT2D eigenvalue weighted by Crippen LogP contribution is -2.22. The Kier molecular flexibility index (Phi) is 4.76. The fraction of sp³-hybridized carbons (Fsp3) is 0.667. The number of rotatable bonds is 5. The van der Waals surface area contributed by atoms with Crippen LogP contribution in [0.1, 0.15) is 18.9 Å². The largest absolute Gasteiger partial charge is 0.380 e. The summed E-state index contributed by atoms with van der Waals surface area (Å²) >= 11 is 1.67. The number of ether oxygens (including phenoxy) is 1. The molecule has 1 saturated heterocycles. The van der Waals surface area contributed by atoms with Gasteiger partial charge in [0.1, 0.15) is 0 Å². The molecule has 0 amide bonds. The molecule has 17 heavy (non-hydrogen) atoms. The highest BCUT2D eigenvalue weighted by atomic mass is 32.2. The molecule has 94 valence electrons. The van der Waals surface area contributed by atoms with E-state index in [9.17, 15) is 0 Å². The normalized spacial score (nSPS) is 20.9. The molecule has 1 atom stereocenters. The molecule has 5 heteroatoms. The van der Waals surface area contributed by atoms with Crippen LogP contribution in [-0.4, -0.2) is 46.9 Å². The van der Waals surface area contributed by atoms with Crippen LogP contribution in [0.2, 0.25) is 0 Å². The van der Waals surface area contributed by atoms with Crippen molar-refractivity contribution in [1.82, 2.24) is 14.9 Å². The van der Waals surface area contributed by atoms with E-state index < -0.39 is 0 Å². The Hall–Kier alpha value is -0.650. The van der Waals surface area contributed by atoms with Crippen LogP contribution in [0.4, 0.5) is 0 Å². The zero-order valence-electron chi connectivity index (χ0n) is 10.4. The molecule has 2 heterocycles. The molecule has 1 aliphatic heterocycles. The first-order valence-corrected chi connectivity index (χ1v) is 6.99. The minimum atomic E-state index is 0.394. The number of thioether (sulfide) groups is 1. The summed E-state index contributed by atoms with van der Waals surface area (Å²) < 4.78 is 5.35. The van der Waals surface area contributed by atoms with Gasteiger partial charge in [-0.25, -0.2) is 9.97 Å². The van der Waals surface area contributed by atoms with Crippen molar-refractivity contribution < 1.29 is 4.74 Å². The van der Waals surface area contributed by atoms with Crippen LogP contribution in [0.5, 0.6) is 0 Å². The number of aromatic nitrogens is 2. The van der Waals surface area contributed by atoms with Crippen molar-refractivity contribution >= 4 is 11.8 Å². The second-order valence-electron chi connectivity index (χ2n) is 4.19. The van der Waals surface area contributed by atoms with Gasteiger partial charge in [-0.3, -0.25) is 4.90 Å². The number of nitrogens with zero attached hydrogens (tertiary/aromatic N) is 3. The van der Waals surface area contributed by atoms with Crippen molar-refractivity contribution in [3.05, 3.63) is 18.0 Å². The van der Waals surface area contributed by atoms with Gasteiger partial charge in [0.2, 0.25) is 0 Å². The van der Waals surface area contributed by atoms with Crippen molar-refractivity contribution in [2.24, 2.45) is 0 Å². The average Bonchev–Trinajstić information content (AvgIpc) is 2.80. The van der Waals surface area contributed by atoms with Crippen molar-refractivity contribution in [2.45, 2.75) is 31.1 Å². The Balaban J connectivity index is 1.86. The standard InChI is InChI=1S/C12H19N3OS/c1-3-17-12-13-6-10(7-14-12)8-15-5-4-11(9-15)16-2/h6-7,11H,3-5,8-9H2,1-2H3/t11-/m1/s1. The molecular formula is C12H19N3OS. The molecule has 1 aliphatic rings. The summed E-state index contributed by atoms with van der Waals surface area (Å²) in [4.78, 5) is 11.1. The second kappa shape index (κ2) is 6.33. The lowest BCUT2D eigenvalue weighted by molar-refractivity contribution is 0.107. The highest BCUT2D eigenvalue weighted by Crippen LogP contribution is 2.16. The molecule has 0 bridgehead atoms. The molecular weight excluding hydrogens is 234 g/mol. The van der Waals surface area contributed by atoms with E-state index in [1.807, 2.05) is 12.4 Å². The molecule has 0 N–H and O–H groups in total. The van der Waals surface area contributed by atoms with E-state index in [1.165, 1.54) is 5.56 Å². The van der Waals surface area contributed by atoms with Crippen LogP contribution < -0.4 is 0 Å². The second-order valence-corrected chi connectivity index (χ2v) is 5.42. The number of likely N-dealkylation sites (tertiary alicyclic amines) is 1. The topological polar surface area (TPSA) is 38.2 Å². The number of methoxy groups -OCH3 is 1. The van der Waals surface area contributed by atoms with Gasteiger partial charge in [0.25, 0.3) is 0 Å². The van der Waals surface area contributed by atoms with Crippen molar-refractivity contribution in [1.29, 1.82) is 0 Å². The summed E-state index contributed by atoms with van der Waals surface area (Å²) in [5.74, 6) is 1.01. The molecule has 0 aliphatic carbocycles. The van der Waals surface area contributed by atoms with Gasteiger partial charge in [0.05, 0.1) is 6.10 Å². The minimum Gasteiger partial charge on any atom is -0.380 e. The summed E-state index contributed by atoms with van der Waals surface area (Å²) in [6.45, 7) is 5.15. The molecule has 0 saturated carbocycles. The zero-order valence-corrected chi connectivity index (χ0v) is 11.2. The molecule has 2 rings (SSSR count). The van der Waals surface area contributed by atoms with Crippen LogP contribution in [0.25, 0.3) is 0 Å². The highest BCUT2D eigenvalue weighted by Gasteiger charge is 2.21. The van der Waals surface area contributed by atoms with E-state index in [-0.39, 0.29) is 0 Å². The van der Waals surface area contributed by atoms with Gasteiger partial charge in [0.15, 0.2) is 5.16 Å². The Morgan fingerprint density at radius 3 is 2.82 bits per heavy atom. The first kappa shape index (κ1) is 12.8. The van der Waals surface area contributed by atoms with Crippen molar-refractivity contribution in [3.63, 3.8) is 0 Å². The third-order valence-electron chi connectivity index (χ3n) is 2.92. The van der Waals surface area contributed by atoms with E-state index in [4.69, 9.17) is 4.74 Å². The summed E-state index contributed by atoms with van der Waals surface area (Å²) in [5.41, 5.74) is 1.18. The smallest absolute Gasteiger partial charge is 0.187 e. The summed E-state index contributed by atoms with van der Waals surface area (Å²) in [5, 5.41) is 0.868. The van der Waals surface area contributed by atoms with Crippen LogP contribution in [0.15, 0.2) is 17.6 Å². The molecule has 1 aromatic rings. The van der Waals surface area contributed by atoms with Crippen molar-refractivity contribution in [3.8, 4) is 0 Å². The molecule has 0 radical (unpaired) electrons. The summed E-state index contributed by atoms with van der Waals surface area (Å²) in [6, 6.07) is 0. The van der Waals surface area contributed by atoms with Gasteiger partial charge >= 0.3 is 0 Å². The Labute approximate surface area is 107 Å². The molecule has 0 unspecified atom stereocenters. The molecule has 0 spiro atoms. The molecule has 1 aromatic heterocycles. The monoisotopic (exact) mass is 253 g/mol. The third-order valence-corrected chi connectivity index (χ3v) is 3.68. The predicted octanol–water partition coefficient (Wildman–Crippen LogP) is 1.81. The first-order valence-electron chi connectivity index (χ1n) is 6.00. The fourth-order valence-corrected chi connectivity index (χ4v) is 2.53. The summed E-state index contributed by atoms with van der Waals surface area (Å²) in [7, 11) is 1.79. The van der Waals surface area contributed by atoms with Crippen LogP contribution >= 0.6 is 11.8 Å². The first-order chi connectivity index (χ1) is 8.31. The number of hydrogen-bond acceptors (Lipinski definition) is 5. The van der Waals surface area contributed by atoms with E-state index in [2.05, 4.69) is 21.8 Å². The lowest BCUT2D eigenvalue weighted by Gasteiger charge is -2.15. The van der Waals surface area contributed by atoms with Gasteiger partial charge in [-0.1, -0.05) is 18.7 Å². The average molecular weight is 253 g/mol. The van der Waals surface area contributed by atoms with E-state index >= 15 is 0 Å². The maximum absolute atomic E-state index is 5.35. The zero-order chi connectivity index (χ0) is 12.1. The van der Waals surface area contributed by atoms with E-state index in [1.54, 1.807) is 18.9 Å². The van der Waals surface area contributed by atoms with E-state index in [0.717, 1.165) is 37.0 Å². The maximum atomic E-state index is 5.35. The summed E-state index contributed by atoms with van der Waals surface area (Å²) in [6.07, 6.45) is 5.39. The Morgan fingerprint density at radius 2 is 2.24 bits per heavy atom. The predicted molar refractivity (Wildman–Crippen MR) is 69.1 cm³/mol. The number of hydrogen-bond donors (Lipinski definition) is 0. The van der Waals surface area contributed by atoms with Crippen molar-refractivity contribution in [2.75, 3.05) is 26.0 Å². The fourth-order valence-electron chi connectivity index (χ4n) is 2.02. The quantitative estimate of drug-likeness (QED) is 0.591. The molecule has 1 fully saturated rings. The lowest BCUT2D eigenvalue weighted by atomic mass is 10.3. The molecule has 4 nitrogen and oxygen atoms in total. The minimum absolute atomic E-state index is 0.394. The Morgan fingerprint density at radius 1 is 1.47 bits per heavy atom. The maximum Gasteiger partial charge on any atom is 0.187 e. The van der Waals surface area contributed by atoms with Gasteiger partial charge in [-0.2, -0.15) is 0 Å². The van der Waals surface area contributed by atoms with Gasteiger partial charge in [-0.05, 0) is 12.2 Å². The Bertz CT molecular complexity index is 344. The van der Waals surface area contributed by atoms with Crippen LogP contribution in [-0.2, 0) is 11.3 Å². The molecule has 0 aromatic carbocycles. The van der Waals surface area contributed by atoms with Gasteiger partial charge in [0, 0.05) is 44.7 Å². The van der Waals surface area contributed by atoms with Crippen LogP contribution in [0, 0.1) is 0 Å². The van der Waals surface area contributed by atoms with Gasteiger partial charge in [-0.15, -0.1) is 0 Å². The van der Waals surface area contributed by atoms with Gasteiger partial charge < -0.3 is 4.74 Å². The van der Waals surface area contributed by atoms with Crippen LogP contribution in [0.3, 0.4) is 0 Å². The third kappa shape index (κ3) is 3.66. The van der Waals surface area contributed by atoms with E-state index in [0.29, 0.717) is 6.10 Å². The highest BCUT2D eigenvalue weighted by molar-refractivity contribution is 7.99. The SMILES string of the molecule is CCSc1ncc(CN2CC[C@@H](OC)C2)cn1.